The lowest BCUT2D eigenvalue weighted by atomic mass is 9.87. The predicted octanol–water partition coefficient (Wildman–Crippen LogP) is 2.34. The summed E-state index contributed by atoms with van der Waals surface area (Å²) >= 11 is 0. The Morgan fingerprint density at radius 3 is 2.23 bits per heavy atom. The Labute approximate surface area is 178 Å². The summed E-state index contributed by atoms with van der Waals surface area (Å²) in [6, 6.07) is 13.4. The number of ether oxygens (including phenoxy) is 1. The van der Waals surface area contributed by atoms with Crippen LogP contribution in [0.25, 0.3) is 10.8 Å². The van der Waals surface area contributed by atoms with Crippen molar-refractivity contribution in [1.29, 1.82) is 0 Å². The number of fused-ring (bicyclic) bond motifs is 1. The van der Waals surface area contributed by atoms with Gasteiger partial charge >= 0.3 is 5.97 Å². The second-order valence-corrected chi connectivity index (χ2v) is 8.10. The summed E-state index contributed by atoms with van der Waals surface area (Å²) in [5.41, 5.74) is 0.875. The fourth-order valence-corrected chi connectivity index (χ4v) is 3.01. The van der Waals surface area contributed by atoms with Crippen molar-refractivity contribution in [3.05, 3.63) is 75.7 Å². The number of hydrogen-bond acceptors (Lipinski definition) is 6. The van der Waals surface area contributed by atoms with Crippen LogP contribution in [0.5, 0.6) is 0 Å². The van der Waals surface area contributed by atoms with Crippen LogP contribution in [-0.4, -0.2) is 34.2 Å². The Morgan fingerprint density at radius 1 is 1.00 bits per heavy atom. The molecule has 1 N–H and O–H groups in total. The van der Waals surface area contributed by atoms with Gasteiger partial charge < -0.3 is 4.74 Å². The first-order valence-corrected chi connectivity index (χ1v) is 9.66. The van der Waals surface area contributed by atoms with Crippen molar-refractivity contribution in [3.63, 3.8) is 0 Å². The first-order chi connectivity index (χ1) is 14.6. The van der Waals surface area contributed by atoms with E-state index in [1.165, 1.54) is 7.05 Å². The highest BCUT2D eigenvalue weighted by Crippen LogP contribution is 2.22. The van der Waals surface area contributed by atoms with E-state index in [4.69, 9.17) is 4.74 Å². The second-order valence-electron chi connectivity index (χ2n) is 8.10. The quantitative estimate of drug-likeness (QED) is 0.648. The Bertz CT molecular complexity index is 1220. The number of amides is 2. The van der Waals surface area contributed by atoms with Crippen LogP contribution in [0, 0.1) is 0 Å². The fraction of sp³-hybridized carbons (Fsp3) is 0.261. The molecule has 8 nitrogen and oxygen atoms in total. The predicted molar refractivity (Wildman–Crippen MR) is 115 cm³/mol. The summed E-state index contributed by atoms with van der Waals surface area (Å²) < 4.78 is 6.04. The van der Waals surface area contributed by atoms with E-state index in [9.17, 15) is 19.2 Å². The molecule has 2 aromatic carbocycles. The van der Waals surface area contributed by atoms with Gasteiger partial charge in [0.25, 0.3) is 17.4 Å². The Morgan fingerprint density at radius 2 is 1.61 bits per heavy atom. The number of esters is 1. The van der Waals surface area contributed by atoms with Gasteiger partial charge in [-0.15, -0.1) is 0 Å². The number of carbonyl (C=O) groups excluding carboxylic acids is 3. The molecule has 160 valence electrons. The number of imide groups is 1. The summed E-state index contributed by atoms with van der Waals surface area (Å²) in [6.45, 7) is 5.51. The third kappa shape index (κ3) is 4.85. The van der Waals surface area contributed by atoms with Crippen LogP contribution in [0.4, 0.5) is 0 Å². The van der Waals surface area contributed by atoms with Crippen LogP contribution in [0.15, 0.2) is 53.3 Å². The lowest BCUT2D eigenvalue weighted by molar-refractivity contribution is -0.123. The zero-order valence-corrected chi connectivity index (χ0v) is 17.8. The highest BCUT2D eigenvalue weighted by atomic mass is 16.5. The minimum Gasteiger partial charge on any atom is -0.451 e. The maximum Gasteiger partial charge on any atom is 0.359 e. The van der Waals surface area contributed by atoms with E-state index in [0.717, 1.165) is 10.2 Å². The number of nitrogens with one attached hydrogen (secondary N) is 1. The SMILES string of the molecule is Cn1nc(C(=O)OCC(=O)NC(=O)c2ccc(C(C)(C)C)cc2)c2ccccc2c1=O. The molecule has 0 atom stereocenters. The summed E-state index contributed by atoms with van der Waals surface area (Å²) in [4.78, 5) is 49.0. The van der Waals surface area contributed by atoms with E-state index in [2.05, 4.69) is 31.2 Å². The molecule has 0 bridgehead atoms. The number of nitrogens with zero attached hydrogens (tertiary/aromatic N) is 2. The maximum atomic E-state index is 12.4. The molecule has 3 aromatic rings. The number of aromatic nitrogens is 2. The highest BCUT2D eigenvalue weighted by molar-refractivity contribution is 6.06. The van der Waals surface area contributed by atoms with Gasteiger partial charge in [0.05, 0.1) is 5.39 Å². The molecule has 0 saturated carbocycles. The average Bonchev–Trinajstić information content (AvgIpc) is 2.74. The highest BCUT2D eigenvalue weighted by Gasteiger charge is 2.19. The molecular formula is C23H23N3O5. The van der Waals surface area contributed by atoms with Gasteiger partial charge in [-0.2, -0.15) is 5.10 Å². The van der Waals surface area contributed by atoms with Gasteiger partial charge in [0.1, 0.15) is 0 Å². The number of aryl methyl sites for hydroxylation is 1. The maximum absolute atomic E-state index is 12.4. The molecule has 0 aliphatic heterocycles. The van der Waals surface area contributed by atoms with E-state index >= 15 is 0 Å². The molecule has 31 heavy (non-hydrogen) atoms. The number of hydrogen-bond donors (Lipinski definition) is 1. The van der Waals surface area contributed by atoms with Crippen molar-refractivity contribution >= 4 is 28.6 Å². The first kappa shape index (κ1) is 21.9. The molecular weight excluding hydrogens is 398 g/mol. The normalized spacial score (nSPS) is 11.2. The van der Waals surface area contributed by atoms with Crippen LogP contribution >= 0.6 is 0 Å². The lowest BCUT2D eigenvalue weighted by Crippen LogP contribution is -2.34. The van der Waals surface area contributed by atoms with Gasteiger partial charge in [-0.3, -0.25) is 19.7 Å². The minimum atomic E-state index is -0.871. The Hall–Kier alpha value is -3.81. The standard InChI is InChI=1S/C23H23N3O5/c1-23(2,3)15-11-9-14(10-12-15)20(28)24-18(27)13-31-22(30)19-16-7-5-6-8-17(16)21(29)26(4)25-19/h5-12H,13H2,1-4H3,(H,24,27,28). The van der Waals surface area contributed by atoms with Gasteiger partial charge in [-0.05, 0) is 29.2 Å². The molecule has 0 fully saturated rings. The summed E-state index contributed by atoms with van der Waals surface area (Å²) in [7, 11) is 1.42. The van der Waals surface area contributed by atoms with Gasteiger partial charge in [0, 0.05) is 18.0 Å². The monoisotopic (exact) mass is 421 g/mol. The topological polar surface area (TPSA) is 107 Å². The Kier molecular flexibility index (Phi) is 6.01. The van der Waals surface area contributed by atoms with E-state index in [0.29, 0.717) is 16.3 Å². The third-order valence-corrected chi connectivity index (χ3v) is 4.75. The summed E-state index contributed by atoms with van der Waals surface area (Å²) in [5.74, 6) is -2.23. The van der Waals surface area contributed by atoms with Crippen molar-refractivity contribution in [2.24, 2.45) is 7.05 Å². The molecule has 0 unspecified atom stereocenters. The lowest BCUT2D eigenvalue weighted by Gasteiger charge is -2.19. The molecule has 0 aliphatic rings. The molecule has 0 saturated heterocycles. The zero-order chi connectivity index (χ0) is 22.8. The summed E-state index contributed by atoms with van der Waals surface area (Å²) in [6.07, 6.45) is 0. The third-order valence-electron chi connectivity index (χ3n) is 4.75. The molecule has 2 amide bonds. The van der Waals surface area contributed by atoms with Crippen LogP contribution in [0.2, 0.25) is 0 Å². The van der Waals surface area contributed by atoms with E-state index in [1.807, 2.05) is 12.1 Å². The van der Waals surface area contributed by atoms with Crippen molar-refractivity contribution in [2.75, 3.05) is 6.61 Å². The fourth-order valence-electron chi connectivity index (χ4n) is 3.01. The van der Waals surface area contributed by atoms with E-state index in [-0.39, 0.29) is 16.7 Å². The zero-order valence-electron chi connectivity index (χ0n) is 17.8. The van der Waals surface area contributed by atoms with E-state index < -0.39 is 24.4 Å². The Balaban J connectivity index is 1.65. The van der Waals surface area contributed by atoms with Gasteiger partial charge in [-0.1, -0.05) is 51.1 Å². The first-order valence-electron chi connectivity index (χ1n) is 9.66. The van der Waals surface area contributed by atoms with Crippen molar-refractivity contribution in [3.8, 4) is 0 Å². The van der Waals surface area contributed by atoms with Crippen molar-refractivity contribution < 1.29 is 19.1 Å². The largest absolute Gasteiger partial charge is 0.451 e. The second kappa shape index (κ2) is 8.51. The number of benzene rings is 2. The van der Waals surface area contributed by atoms with E-state index in [1.54, 1.807) is 36.4 Å². The van der Waals surface area contributed by atoms with Crippen LogP contribution in [0.3, 0.4) is 0 Å². The minimum absolute atomic E-state index is 0.0574. The number of rotatable bonds is 4. The van der Waals surface area contributed by atoms with Crippen molar-refractivity contribution in [2.45, 2.75) is 26.2 Å². The molecule has 8 heteroatoms. The average molecular weight is 421 g/mol. The molecule has 1 heterocycles. The molecule has 0 radical (unpaired) electrons. The van der Waals surface area contributed by atoms with Crippen LogP contribution in [-0.2, 0) is 22.0 Å². The van der Waals surface area contributed by atoms with Gasteiger partial charge in [-0.25, -0.2) is 9.48 Å². The smallest absolute Gasteiger partial charge is 0.359 e. The van der Waals surface area contributed by atoms with Crippen molar-refractivity contribution in [1.82, 2.24) is 15.1 Å². The van der Waals surface area contributed by atoms with Crippen LogP contribution < -0.4 is 10.9 Å². The summed E-state index contributed by atoms with van der Waals surface area (Å²) in [5, 5.41) is 6.77. The molecule has 0 spiro atoms. The molecule has 0 aliphatic carbocycles. The molecule has 3 rings (SSSR count). The van der Waals surface area contributed by atoms with Gasteiger partial charge in [0.2, 0.25) is 0 Å². The number of carbonyl (C=O) groups is 3. The van der Waals surface area contributed by atoms with Gasteiger partial charge in [0.15, 0.2) is 12.3 Å². The van der Waals surface area contributed by atoms with Crippen LogP contribution in [0.1, 0.15) is 47.2 Å². The molecule has 1 aromatic heterocycles.